The first-order valence-electron chi connectivity index (χ1n) is 2.37. The monoisotopic (exact) mass is 110 g/mol. The molecule has 0 aliphatic heterocycles. The van der Waals surface area contributed by atoms with E-state index in [-0.39, 0.29) is 0 Å². The predicted octanol–water partition coefficient (Wildman–Crippen LogP) is 1.29. The SMILES string of the molecule is C=C(C)N=CC=NC. The van der Waals surface area contributed by atoms with Crippen LogP contribution in [0, 0.1) is 0 Å². The topological polar surface area (TPSA) is 24.7 Å². The van der Waals surface area contributed by atoms with Crippen LogP contribution >= 0.6 is 0 Å². The van der Waals surface area contributed by atoms with Crippen LogP contribution in [0.1, 0.15) is 6.92 Å². The Morgan fingerprint density at radius 3 is 2.50 bits per heavy atom. The summed E-state index contributed by atoms with van der Waals surface area (Å²) in [5, 5.41) is 0. The first kappa shape index (κ1) is 7.08. The summed E-state index contributed by atoms with van der Waals surface area (Å²) < 4.78 is 0. The van der Waals surface area contributed by atoms with E-state index in [4.69, 9.17) is 0 Å². The molecule has 0 rings (SSSR count). The van der Waals surface area contributed by atoms with Crippen molar-refractivity contribution in [3.8, 4) is 0 Å². The highest BCUT2D eigenvalue weighted by molar-refractivity contribution is 6.16. The van der Waals surface area contributed by atoms with Crippen LogP contribution in [0.4, 0.5) is 0 Å². The van der Waals surface area contributed by atoms with Crippen LogP contribution in [0.5, 0.6) is 0 Å². The Morgan fingerprint density at radius 1 is 1.50 bits per heavy atom. The van der Waals surface area contributed by atoms with Gasteiger partial charge in [-0.2, -0.15) is 0 Å². The summed E-state index contributed by atoms with van der Waals surface area (Å²) in [6.45, 7) is 5.40. The minimum atomic E-state index is 0.796. The highest BCUT2D eigenvalue weighted by Crippen LogP contribution is 1.82. The molecule has 0 aliphatic rings. The fourth-order valence-corrected chi connectivity index (χ4v) is 0.227. The molecule has 8 heavy (non-hydrogen) atoms. The predicted molar refractivity (Wildman–Crippen MR) is 37.7 cm³/mol. The lowest BCUT2D eigenvalue weighted by Crippen LogP contribution is -1.73. The van der Waals surface area contributed by atoms with Crippen molar-refractivity contribution in [2.24, 2.45) is 9.98 Å². The van der Waals surface area contributed by atoms with Crippen molar-refractivity contribution in [2.75, 3.05) is 7.05 Å². The van der Waals surface area contributed by atoms with E-state index in [0.717, 1.165) is 5.70 Å². The summed E-state index contributed by atoms with van der Waals surface area (Å²) in [6, 6.07) is 0. The van der Waals surface area contributed by atoms with Gasteiger partial charge in [-0.05, 0) is 6.92 Å². The maximum Gasteiger partial charge on any atom is 0.0449 e. The van der Waals surface area contributed by atoms with E-state index < -0.39 is 0 Å². The number of aliphatic imine (C=N–C) groups is 2. The number of allylic oxidation sites excluding steroid dienone is 1. The average molecular weight is 110 g/mol. The van der Waals surface area contributed by atoms with Crippen LogP contribution < -0.4 is 0 Å². The van der Waals surface area contributed by atoms with Crippen molar-refractivity contribution in [1.82, 2.24) is 0 Å². The first-order chi connectivity index (χ1) is 3.77. The van der Waals surface area contributed by atoms with E-state index in [2.05, 4.69) is 16.6 Å². The van der Waals surface area contributed by atoms with Gasteiger partial charge in [0.2, 0.25) is 0 Å². The summed E-state index contributed by atoms with van der Waals surface area (Å²) in [4.78, 5) is 7.54. The minimum absolute atomic E-state index is 0.796. The molecule has 0 N–H and O–H groups in total. The molecular formula is C6H10N2. The van der Waals surface area contributed by atoms with Crippen molar-refractivity contribution < 1.29 is 0 Å². The van der Waals surface area contributed by atoms with Gasteiger partial charge in [0.25, 0.3) is 0 Å². The molecule has 0 amide bonds. The van der Waals surface area contributed by atoms with E-state index in [1.54, 1.807) is 19.5 Å². The van der Waals surface area contributed by atoms with Crippen LogP contribution in [0.15, 0.2) is 22.3 Å². The molecule has 0 saturated carbocycles. The van der Waals surface area contributed by atoms with Gasteiger partial charge in [-0.3, -0.25) is 9.98 Å². The van der Waals surface area contributed by atoms with Crippen molar-refractivity contribution in [3.63, 3.8) is 0 Å². The lowest BCUT2D eigenvalue weighted by Gasteiger charge is -1.78. The third-order valence-electron chi connectivity index (χ3n) is 0.511. The number of rotatable bonds is 2. The minimum Gasteiger partial charge on any atom is -0.295 e. The summed E-state index contributed by atoms with van der Waals surface area (Å²) in [7, 11) is 1.70. The van der Waals surface area contributed by atoms with Gasteiger partial charge in [0.1, 0.15) is 0 Å². The van der Waals surface area contributed by atoms with Gasteiger partial charge in [0.05, 0.1) is 0 Å². The molecule has 0 aromatic heterocycles. The molecule has 0 heterocycles. The van der Waals surface area contributed by atoms with Crippen LogP contribution in [0.25, 0.3) is 0 Å². The van der Waals surface area contributed by atoms with Gasteiger partial charge in [-0.25, -0.2) is 0 Å². The normalized spacial score (nSPS) is 11.2. The van der Waals surface area contributed by atoms with Crippen molar-refractivity contribution in [2.45, 2.75) is 6.92 Å². The van der Waals surface area contributed by atoms with Crippen LogP contribution in [0.2, 0.25) is 0 Å². The molecule has 44 valence electrons. The standard InChI is InChI=1S/C6H10N2/c1-6(2)8-5-4-7-3/h4-5H,1H2,2-3H3. The molecule has 0 aliphatic carbocycles. The Labute approximate surface area is 49.7 Å². The highest BCUT2D eigenvalue weighted by atomic mass is 14.7. The Bertz CT molecular complexity index is 122. The molecule has 0 unspecified atom stereocenters. The smallest absolute Gasteiger partial charge is 0.0449 e. The summed E-state index contributed by atoms with van der Waals surface area (Å²) >= 11 is 0. The lowest BCUT2D eigenvalue weighted by atomic mass is 10.6. The van der Waals surface area contributed by atoms with Gasteiger partial charge in [-0.15, -0.1) is 0 Å². The van der Waals surface area contributed by atoms with E-state index in [1.807, 2.05) is 6.92 Å². The number of hydrogen-bond donors (Lipinski definition) is 0. The number of hydrogen-bond acceptors (Lipinski definition) is 2. The third kappa shape index (κ3) is 5.08. The Hall–Kier alpha value is -0.920. The highest BCUT2D eigenvalue weighted by Gasteiger charge is 1.67. The van der Waals surface area contributed by atoms with Crippen LogP contribution in [0.3, 0.4) is 0 Å². The largest absolute Gasteiger partial charge is 0.295 e. The zero-order chi connectivity index (χ0) is 6.41. The Morgan fingerprint density at radius 2 is 2.12 bits per heavy atom. The van der Waals surface area contributed by atoms with Gasteiger partial charge in [0, 0.05) is 25.2 Å². The second-order valence-corrected chi connectivity index (χ2v) is 1.42. The van der Waals surface area contributed by atoms with Gasteiger partial charge >= 0.3 is 0 Å². The zero-order valence-corrected chi connectivity index (χ0v) is 5.26. The first-order valence-corrected chi connectivity index (χ1v) is 2.37. The third-order valence-corrected chi connectivity index (χ3v) is 0.511. The summed E-state index contributed by atoms with van der Waals surface area (Å²) in [6.07, 6.45) is 3.23. The second kappa shape index (κ2) is 4.24. The van der Waals surface area contributed by atoms with E-state index in [0.29, 0.717) is 0 Å². The van der Waals surface area contributed by atoms with Gasteiger partial charge in [0.15, 0.2) is 0 Å². The van der Waals surface area contributed by atoms with E-state index >= 15 is 0 Å². The Kier molecular flexibility index (Phi) is 3.76. The number of nitrogens with zero attached hydrogens (tertiary/aromatic N) is 2. The van der Waals surface area contributed by atoms with E-state index in [1.165, 1.54) is 0 Å². The second-order valence-electron chi connectivity index (χ2n) is 1.42. The molecule has 0 spiro atoms. The lowest BCUT2D eigenvalue weighted by molar-refractivity contribution is 1.34. The molecule has 2 heteroatoms. The van der Waals surface area contributed by atoms with Gasteiger partial charge in [-0.1, -0.05) is 6.58 Å². The average Bonchev–Trinajstić information content (AvgIpc) is 1.66. The molecule has 0 radical (unpaired) electrons. The van der Waals surface area contributed by atoms with Crippen LogP contribution in [-0.2, 0) is 0 Å². The molecule has 0 fully saturated rings. The quantitative estimate of drug-likeness (QED) is 0.478. The molecular weight excluding hydrogens is 100 g/mol. The fraction of sp³-hybridized carbons (Fsp3) is 0.333. The fourth-order valence-electron chi connectivity index (χ4n) is 0.227. The molecule has 0 atom stereocenters. The van der Waals surface area contributed by atoms with E-state index in [9.17, 15) is 0 Å². The van der Waals surface area contributed by atoms with Crippen molar-refractivity contribution in [3.05, 3.63) is 12.3 Å². The maximum absolute atomic E-state index is 3.85. The molecule has 0 saturated heterocycles. The molecule has 0 aromatic rings. The van der Waals surface area contributed by atoms with Gasteiger partial charge < -0.3 is 0 Å². The maximum atomic E-state index is 3.85. The summed E-state index contributed by atoms with van der Waals surface area (Å²) in [5.74, 6) is 0. The zero-order valence-electron chi connectivity index (χ0n) is 5.26. The Balaban J connectivity index is 3.50. The molecule has 2 nitrogen and oxygen atoms in total. The molecule has 0 aromatic carbocycles. The molecule has 0 bridgehead atoms. The van der Waals surface area contributed by atoms with Crippen molar-refractivity contribution >= 4 is 12.4 Å². The summed E-state index contributed by atoms with van der Waals surface area (Å²) in [5.41, 5.74) is 0.796. The van der Waals surface area contributed by atoms with Crippen molar-refractivity contribution in [1.29, 1.82) is 0 Å². The van der Waals surface area contributed by atoms with Crippen LogP contribution in [-0.4, -0.2) is 19.5 Å².